The fourth-order valence-electron chi connectivity index (χ4n) is 3.95. The Kier molecular flexibility index (Phi) is 5.02. The molecule has 1 aliphatic heterocycles. The number of aromatic carboxylic acids is 1. The minimum absolute atomic E-state index is 0.468. The second-order valence-corrected chi connectivity index (χ2v) is 6.98. The summed E-state index contributed by atoms with van der Waals surface area (Å²) in [4.78, 5) is 22.5. The predicted molar refractivity (Wildman–Crippen MR) is 98.3 cm³/mol. The monoisotopic (exact) mass is 339 g/mol. The van der Waals surface area contributed by atoms with E-state index in [9.17, 15) is 9.90 Å². The molecule has 0 spiro atoms. The number of hydrogen-bond donors (Lipinski definition) is 1. The molecule has 0 unspecified atom stereocenters. The lowest BCUT2D eigenvalue weighted by atomic mass is 9.84. The summed E-state index contributed by atoms with van der Waals surface area (Å²) in [6.45, 7) is 7.82. The number of rotatable bonds is 4. The molecule has 5 nitrogen and oxygen atoms in total. The quantitative estimate of drug-likeness (QED) is 0.922. The van der Waals surface area contributed by atoms with Gasteiger partial charge in [-0.05, 0) is 74.3 Å². The summed E-state index contributed by atoms with van der Waals surface area (Å²) in [6.07, 6.45) is 6.66. The second-order valence-electron chi connectivity index (χ2n) is 6.98. The van der Waals surface area contributed by atoms with Crippen LogP contribution in [-0.4, -0.2) is 34.1 Å². The number of carboxylic acids is 1. The molecular formula is C20H25N3O2. The van der Waals surface area contributed by atoms with Gasteiger partial charge in [-0.1, -0.05) is 6.07 Å². The molecule has 0 saturated carbocycles. The van der Waals surface area contributed by atoms with Gasteiger partial charge in [0.15, 0.2) is 0 Å². The highest BCUT2D eigenvalue weighted by Gasteiger charge is 2.24. The van der Waals surface area contributed by atoms with Crippen LogP contribution in [0.1, 0.15) is 45.5 Å². The molecule has 1 aliphatic rings. The van der Waals surface area contributed by atoms with Gasteiger partial charge < -0.3 is 10.0 Å². The molecule has 0 bridgehead atoms. The third-order valence-electron chi connectivity index (χ3n) is 5.29. The maximum absolute atomic E-state index is 11.6. The van der Waals surface area contributed by atoms with E-state index in [2.05, 4.69) is 21.8 Å². The van der Waals surface area contributed by atoms with Gasteiger partial charge in [-0.3, -0.25) is 0 Å². The fraction of sp³-hybridized carbons (Fsp3) is 0.450. The highest BCUT2D eigenvalue weighted by molar-refractivity contribution is 5.91. The van der Waals surface area contributed by atoms with Gasteiger partial charge in [0.2, 0.25) is 5.95 Å². The van der Waals surface area contributed by atoms with Crippen molar-refractivity contribution in [3.63, 3.8) is 0 Å². The fourth-order valence-corrected chi connectivity index (χ4v) is 3.95. The van der Waals surface area contributed by atoms with Gasteiger partial charge in [-0.15, -0.1) is 0 Å². The van der Waals surface area contributed by atoms with Crippen molar-refractivity contribution >= 4 is 11.9 Å². The van der Waals surface area contributed by atoms with E-state index < -0.39 is 5.97 Å². The van der Waals surface area contributed by atoms with Crippen LogP contribution in [0.25, 0.3) is 0 Å². The first-order valence-electron chi connectivity index (χ1n) is 8.82. The molecule has 1 aromatic carbocycles. The summed E-state index contributed by atoms with van der Waals surface area (Å²) in [6, 6.07) is 3.85. The van der Waals surface area contributed by atoms with Gasteiger partial charge in [0, 0.05) is 25.5 Å². The van der Waals surface area contributed by atoms with Crippen LogP contribution < -0.4 is 4.90 Å². The maximum Gasteiger partial charge on any atom is 0.336 e. The van der Waals surface area contributed by atoms with E-state index in [4.69, 9.17) is 0 Å². The first-order valence-corrected chi connectivity index (χ1v) is 8.82. The van der Waals surface area contributed by atoms with Gasteiger partial charge in [0.1, 0.15) is 0 Å². The highest BCUT2D eigenvalue weighted by Crippen LogP contribution is 2.29. The summed E-state index contributed by atoms with van der Waals surface area (Å²) in [5.41, 5.74) is 4.66. The average Bonchev–Trinajstić information content (AvgIpc) is 2.59. The molecular weight excluding hydrogens is 314 g/mol. The van der Waals surface area contributed by atoms with E-state index in [0.717, 1.165) is 49.4 Å². The number of anilines is 1. The SMILES string of the molecule is Cc1cc(C)c(C(=O)O)c(C)c1CC1CCN(c2ncccn2)CC1. The molecule has 0 atom stereocenters. The van der Waals surface area contributed by atoms with Gasteiger partial charge >= 0.3 is 5.97 Å². The molecule has 0 amide bonds. The third kappa shape index (κ3) is 3.65. The van der Waals surface area contributed by atoms with Crippen molar-refractivity contribution in [2.45, 2.75) is 40.0 Å². The Morgan fingerprint density at radius 1 is 1.16 bits per heavy atom. The third-order valence-corrected chi connectivity index (χ3v) is 5.29. The lowest BCUT2D eigenvalue weighted by Gasteiger charge is -2.32. The Hall–Kier alpha value is -2.43. The number of aromatic nitrogens is 2. The number of piperidine rings is 1. The number of carboxylic acid groups (broad SMARTS) is 1. The molecule has 1 N–H and O–H groups in total. The van der Waals surface area contributed by atoms with Gasteiger partial charge in [0.05, 0.1) is 5.56 Å². The Labute approximate surface area is 148 Å². The summed E-state index contributed by atoms with van der Waals surface area (Å²) in [5.74, 6) is 0.547. The zero-order valence-electron chi connectivity index (χ0n) is 15.1. The predicted octanol–water partition coefficient (Wildman–Crippen LogP) is 3.56. The molecule has 1 saturated heterocycles. The van der Waals surface area contributed by atoms with E-state index in [1.54, 1.807) is 12.4 Å². The maximum atomic E-state index is 11.6. The molecule has 3 rings (SSSR count). The smallest absolute Gasteiger partial charge is 0.336 e. The van der Waals surface area contributed by atoms with Crippen LogP contribution in [0.2, 0.25) is 0 Å². The van der Waals surface area contributed by atoms with Gasteiger partial charge in [-0.25, -0.2) is 14.8 Å². The summed E-state index contributed by atoms with van der Waals surface area (Å²) >= 11 is 0. The first kappa shape index (κ1) is 17.4. The van der Waals surface area contributed by atoms with Crippen molar-refractivity contribution in [2.75, 3.05) is 18.0 Å². The molecule has 2 heterocycles. The number of hydrogen-bond acceptors (Lipinski definition) is 4. The normalized spacial score (nSPS) is 15.4. The van der Waals surface area contributed by atoms with Crippen LogP contribution in [0.5, 0.6) is 0 Å². The van der Waals surface area contributed by atoms with Crippen LogP contribution in [0.3, 0.4) is 0 Å². The molecule has 0 aliphatic carbocycles. The Morgan fingerprint density at radius 2 is 1.80 bits per heavy atom. The van der Waals surface area contributed by atoms with Crippen molar-refractivity contribution in [1.82, 2.24) is 9.97 Å². The van der Waals surface area contributed by atoms with Crippen LogP contribution in [0.4, 0.5) is 5.95 Å². The lowest BCUT2D eigenvalue weighted by molar-refractivity contribution is 0.0695. The lowest BCUT2D eigenvalue weighted by Crippen LogP contribution is -2.35. The van der Waals surface area contributed by atoms with E-state index in [1.165, 1.54) is 11.1 Å². The number of benzene rings is 1. The van der Waals surface area contributed by atoms with E-state index in [0.29, 0.717) is 11.5 Å². The van der Waals surface area contributed by atoms with E-state index >= 15 is 0 Å². The number of nitrogens with zero attached hydrogens (tertiary/aromatic N) is 3. The standard InChI is InChI=1S/C20H25N3O2/c1-13-11-14(2)18(19(24)25)15(3)17(13)12-16-5-9-23(10-6-16)20-21-7-4-8-22-20/h4,7-8,11,16H,5-6,9-10,12H2,1-3H3,(H,24,25). The number of carbonyl (C=O) groups is 1. The number of aryl methyl sites for hydroxylation is 2. The Morgan fingerprint density at radius 3 is 2.40 bits per heavy atom. The Balaban J connectivity index is 1.72. The molecule has 0 radical (unpaired) electrons. The van der Waals surface area contributed by atoms with Gasteiger partial charge in [-0.2, -0.15) is 0 Å². The van der Waals surface area contributed by atoms with E-state index in [-0.39, 0.29) is 0 Å². The minimum atomic E-state index is -0.827. The Bertz CT molecular complexity index is 766. The molecule has 2 aromatic rings. The first-order chi connectivity index (χ1) is 12.0. The van der Waals surface area contributed by atoms with Crippen molar-refractivity contribution in [3.8, 4) is 0 Å². The topological polar surface area (TPSA) is 66.3 Å². The summed E-state index contributed by atoms with van der Waals surface area (Å²) in [7, 11) is 0. The van der Waals surface area contributed by atoms with Crippen LogP contribution >= 0.6 is 0 Å². The van der Waals surface area contributed by atoms with Gasteiger partial charge in [0.25, 0.3) is 0 Å². The minimum Gasteiger partial charge on any atom is -0.478 e. The zero-order valence-corrected chi connectivity index (χ0v) is 15.1. The molecule has 1 fully saturated rings. The van der Waals surface area contributed by atoms with Crippen LogP contribution in [0, 0.1) is 26.7 Å². The molecule has 1 aromatic heterocycles. The molecule has 25 heavy (non-hydrogen) atoms. The largest absolute Gasteiger partial charge is 0.478 e. The zero-order chi connectivity index (χ0) is 18.0. The van der Waals surface area contributed by atoms with Crippen molar-refractivity contribution < 1.29 is 9.90 Å². The van der Waals surface area contributed by atoms with Crippen molar-refractivity contribution in [1.29, 1.82) is 0 Å². The van der Waals surface area contributed by atoms with Crippen LogP contribution in [-0.2, 0) is 6.42 Å². The van der Waals surface area contributed by atoms with Crippen molar-refractivity contribution in [2.24, 2.45) is 5.92 Å². The summed E-state index contributed by atoms with van der Waals surface area (Å²) < 4.78 is 0. The molecule has 5 heteroatoms. The highest BCUT2D eigenvalue weighted by atomic mass is 16.4. The molecule has 132 valence electrons. The van der Waals surface area contributed by atoms with E-state index in [1.807, 2.05) is 26.0 Å². The van der Waals surface area contributed by atoms with Crippen LogP contribution in [0.15, 0.2) is 24.5 Å². The summed E-state index contributed by atoms with van der Waals surface area (Å²) in [5, 5.41) is 9.51. The second kappa shape index (κ2) is 7.21. The van der Waals surface area contributed by atoms with Crippen molar-refractivity contribution in [3.05, 3.63) is 52.3 Å². The average molecular weight is 339 g/mol.